The fourth-order valence-corrected chi connectivity index (χ4v) is 2.45. The molecule has 0 spiro atoms. The normalized spacial score (nSPS) is 14.0. The van der Waals surface area contributed by atoms with E-state index in [1.54, 1.807) is 6.07 Å². The van der Waals surface area contributed by atoms with Crippen LogP contribution in [0.3, 0.4) is 0 Å². The van der Waals surface area contributed by atoms with Gasteiger partial charge in [0.05, 0.1) is 17.0 Å². The summed E-state index contributed by atoms with van der Waals surface area (Å²) < 4.78 is 37.8. The first-order valence-corrected chi connectivity index (χ1v) is 7.44. The van der Waals surface area contributed by atoms with Crippen LogP contribution >= 0.6 is 0 Å². The molecule has 1 saturated carbocycles. The Morgan fingerprint density at radius 1 is 1.32 bits per heavy atom. The molecule has 1 fully saturated rings. The molecule has 1 aliphatic carbocycles. The highest BCUT2D eigenvalue weighted by Crippen LogP contribution is 2.42. The lowest BCUT2D eigenvalue weighted by Gasteiger charge is -2.12. The number of carbonyl (C=O) groups excluding carboxylic acids is 1. The molecule has 128 valence electrons. The second kappa shape index (κ2) is 6.47. The van der Waals surface area contributed by atoms with Gasteiger partial charge in [0.15, 0.2) is 0 Å². The molecule has 25 heavy (non-hydrogen) atoms. The largest absolute Gasteiger partial charge is 0.451 e. The van der Waals surface area contributed by atoms with Crippen LogP contribution in [-0.2, 0) is 17.5 Å². The summed E-state index contributed by atoms with van der Waals surface area (Å²) in [5.41, 5.74) is 2.24. The zero-order chi connectivity index (χ0) is 18.0. The van der Waals surface area contributed by atoms with Crippen molar-refractivity contribution in [3.05, 3.63) is 41.1 Å². The number of alkyl halides is 3. The van der Waals surface area contributed by atoms with Crippen LogP contribution in [0, 0.1) is 11.3 Å². The van der Waals surface area contributed by atoms with Crippen molar-refractivity contribution in [3.8, 4) is 17.3 Å². The number of pyridine rings is 1. The number of aromatic nitrogens is 3. The van der Waals surface area contributed by atoms with E-state index < -0.39 is 12.0 Å². The minimum absolute atomic E-state index is 0.128. The molecule has 2 heterocycles. The van der Waals surface area contributed by atoms with Crippen molar-refractivity contribution in [1.29, 1.82) is 5.26 Å². The van der Waals surface area contributed by atoms with Crippen molar-refractivity contribution in [1.82, 2.24) is 20.3 Å². The second-order valence-electron chi connectivity index (χ2n) is 5.60. The van der Waals surface area contributed by atoms with Gasteiger partial charge in [-0.3, -0.25) is 9.78 Å². The molecule has 1 N–H and O–H groups in total. The number of hydrogen-bond donors (Lipinski definition) is 1. The van der Waals surface area contributed by atoms with Gasteiger partial charge in [0.1, 0.15) is 6.07 Å². The number of nitriles is 1. The van der Waals surface area contributed by atoms with Gasteiger partial charge in [-0.1, -0.05) is 0 Å². The fourth-order valence-electron chi connectivity index (χ4n) is 2.45. The van der Waals surface area contributed by atoms with E-state index in [9.17, 15) is 23.2 Å². The van der Waals surface area contributed by atoms with Gasteiger partial charge in [0.25, 0.3) is 0 Å². The van der Waals surface area contributed by atoms with Crippen LogP contribution < -0.4 is 5.32 Å². The first-order valence-electron chi connectivity index (χ1n) is 7.44. The van der Waals surface area contributed by atoms with Crippen molar-refractivity contribution >= 4 is 6.41 Å². The van der Waals surface area contributed by atoms with Crippen LogP contribution in [0.15, 0.2) is 18.5 Å². The third-order valence-electron chi connectivity index (χ3n) is 3.78. The molecule has 0 aromatic carbocycles. The predicted molar refractivity (Wildman–Crippen MR) is 79.9 cm³/mol. The molecular formula is C16H12F3N5O. The van der Waals surface area contributed by atoms with Crippen LogP contribution in [0.4, 0.5) is 13.2 Å². The van der Waals surface area contributed by atoms with E-state index in [1.165, 1.54) is 0 Å². The van der Waals surface area contributed by atoms with Gasteiger partial charge in [-0.15, -0.1) is 0 Å². The summed E-state index contributed by atoms with van der Waals surface area (Å²) in [6, 6.07) is 3.67. The molecule has 0 saturated heterocycles. The lowest BCUT2D eigenvalue weighted by atomic mass is 10.0. The number of carbonyl (C=O) groups is 1. The van der Waals surface area contributed by atoms with Crippen LogP contribution in [-0.4, -0.2) is 21.4 Å². The van der Waals surface area contributed by atoms with Crippen LogP contribution in [0.1, 0.15) is 41.4 Å². The van der Waals surface area contributed by atoms with Crippen molar-refractivity contribution in [2.45, 2.75) is 31.5 Å². The highest BCUT2D eigenvalue weighted by Gasteiger charge is 2.34. The van der Waals surface area contributed by atoms with Gasteiger partial charge < -0.3 is 5.32 Å². The Bertz CT molecular complexity index is 839. The quantitative estimate of drug-likeness (QED) is 0.839. The molecule has 0 radical (unpaired) electrons. The summed E-state index contributed by atoms with van der Waals surface area (Å²) >= 11 is 0. The van der Waals surface area contributed by atoms with Gasteiger partial charge >= 0.3 is 6.18 Å². The molecular weight excluding hydrogens is 335 g/mol. The SMILES string of the molecule is N#Cc1c(CNC=O)cc(-c2cnc(C(F)(F)F)nc2)nc1C1CC1. The zero-order valence-corrected chi connectivity index (χ0v) is 12.8. The predicted octanol–water partition coefficient (Wildman–Crippen LogP) is 2.55. The molecule has 0 aliphatic heterocycles. The number of halogens is 3. The van der Waals surface area contributed by atoms with Gasteiger partial charge in [-0.25, -0.2) is 9.97 Å². The second-order valence-corrected chi connectivity index (χ2v) is 5.60. The molecule has 1 aliphatic rings. The Balaban J connectivity index is 2.05. The number of nitrogens with one attached hydrogen (secondary N) is 1. The van der Waals surface area contributed by atoms with E-state index in [-0.39, 0.29) is 12.5 Å². The maximum atomic E-state index is 12.6. The Morgan fingerprint density at radius 2 is 2.00 bits per heavy atom. The molecule has 0 unspecified atom stereocenters. The van der Waals surface area contributed by atoms with Crippen LogP contribution in [0.25, 0.3) is 11.3 Å². The van der Waals surface area contributed by atoms with Gasteiger partial charge in [-0.05, 0) is 24.5 Å². The van der Waals surface area contributed by atoms with E-state index in [0.29, 0.717) is 34.5 Å². The van der Waals surface area contributed by atoms with E-state index in [1.807, 2.05) is 0 Å². The number of hydrogen-bond acceptors (Lipinski definition) is 5. The third-order valence-corrected chi connectivity index (χ3v) is 3.78. The van der Waals surface area contributed by atoms with Crippen LogP contribution in [0.2, 0.25) is 0 Å². The van der Waals surface area contributed by atoms with Crippen molar-refractivity contribution in [2.24, 2.45) is 0 Å². The van der Waals surface area contributed by atoms with Gasteiger partial charge in [0, 0.05) is 30.4 Å². The Kier molecular flexibility index (Phi) is 4.35. The average Bonchev–Trinajstić information content (AvgIpc) is 3.43. The Morgan fingerprint density at radius 3 is 2.52 bits per heavy atom. The lowest BCUT2D eigenvalue weighted by molar-refractivity contribution is -0.145. The lowest BCUT2D eigenvalue weighted by Crippen LogP contribution is -2.13. The van der Waals surface area contributed by atoms with Crippen LogP contribution in [0.5, 0.6) is 0 Å². The molecule has 6 nitrogen and oxygen atoms in total. The average molecular weight is 347 g/mol. The number of rotatable bonds is 5. The van der Waals surface area contributed by atoms with Crippen molar-refractivity contribution < 1.29 is 18.0 Å². The Hall–Kier alpha value is -3.02. The van der Waals surface area contributed by atoms with E-state index >= 15 is 0 Å². The maximum Gasteiger partial charge on any atom is 0.451 e. The zero-order valence-electron chi connectivity index (χ0n) is 12.8. The van der Waals surface area contributed by atoms with E-state index in [2.05, 4.69) is 26.3 Å². The first-order chi connectivity index (χ1) is 11.9. The van der Waals surface area contributed by atoms with Crippen molar-refractivity contribution in [2.75, 3.05) is 0 Å². The molecule has 0 atom stereocenters. The number of amides is 1. The summed E-state index contributed by atoms with van der Waals surface area (Å²) in [7, 11) is 0. The molecule has 2 aromatic heterocycles. The standard InChI is InChI=1S/C16H12F3N5O/c17-16(18,19)15-22-6-11(7-23-15)13-3-10(5-21-8-25)12(4-20)14(24-13)9-1-2-9/h3,6-9H,1-2,5H2,(H,21,25). The minimum atomic E-state index is -4.62. The van der Waals surface area contributed by atoms with Gasteiger partial charge in [0.2, 0.25) is 12.2 Å². The Labute approximate surface area is 140 Å². The summed E-state index contributed by atoms with van der Waals surface area (Å²) in [6.07, 6.45) is -0.200. The summed E-state index contributed by atoms with van der Waals surface area (Å²) in [6.45, 7) is 0.128. The summed E-state index contributed by atoms with van der Waals surface area (Å²) in [5.74, 6) is -1.07. The van der Waals surface area contributed by atoms with E-state index in [0.717, 1.165) is 25.2 Å². The maximum absolute atomic E-state index is 12.6. The highest BCUT2D eigenvalue weighted by molar-refractivity contribution is 5.62. The van der Waals surface area contributed by atoms with Gasteiger partial charge in [-0.2, -0.15) is 18.4 Å². The molecule has 0 bridgehead atoms. The molecule has 3 rings (SSSR count). The van der Waals surface area contributed by atoms with E-state index in [4.69, 9.17) is 0 Å². The summed E-state index contributed by atoms with van der Waals surface area (Å²) in [5, 5.41) is 11.9. The topological polar surface area (TPSA) is 91.6 Å². The number of nitrogens with zero attached hydrogens (tertiary/aromatic N) is 4. The highest BCUT2D eigenvalue weighted by atomic mass is 19.4. The monoisotopic (exact) mass is 347 g/mol. The fraction of sp³-hybridized carbons (Fsp3) is 0.312. The smallest absolute Gasteiger partial charge is 0.355 e. The molecule has 1 amide bonds. The third kappa shape index (κ3) is 3.57. The summed E-state index contributed by atoms with van der Waals surface area (Å²) in [4.78, 5) is 21.7. The first kappa shape index (κ1) is 16.8. The molecule has 2 aromatic rings. The van der Waals surface area contributed by atoms with Crippen molar-refractivity contribution in [3.63, 3.8) is 0 Å². The minimum Gasteiger partial charge on any atom is -0.355 e. The molecule has 9 heteroatoms.